The topological polar surface area (TPSA) is 51.0 Å². The SMILES string of the molecule is CCCCN(CCCC)CCCOc1ccc(S(=O)(=O)c2c(CC)cn3ccccc23)cc1C.Cl. The van der Waals surface area contributed by atoms with Crippen LogP contribution < -0.4 is 4.74 Å². The van der Waals surface area contributed by atoms with Gasteiger partial charge in [-0.3, -0.25) is 0 Å². The molecule has 0 fully saturated rings. The lowest BCUT2D eigenvalue weighted by Crippen LogP contribution is -2.28. The van der Waals surface area contributed by atoms with Crippen LogP contribution in [-0.4, -0.2) is 44.0 Å². The van der Waals surface area contributed by atoms with E-state index in [4.69, 9.17) is 4.74 Å². The first-order valence-corrected chi connectivity index (χ1v) is 14.2. The Balaban J connectivity index is 0.00000432. The van der Waals surface area contributed by atoms with Crippen LogP contribution in [0.4, 0.5) is 0 Å². The maximum absolute atomic E-state index is 13.6. The number of hydrogen-bond donors (Lipinski definition) is 0. The van der Waals surface area contributed by atoms with Gasteiger partial charge in [-0.05, 0) is 87.2 Å². The molecular formula is C28H41ClN2O3S. The molecule has 0 spiro atoms. The van der Waals surface area contributed by atoms with Crippen molar-refractivity contribution in [3.63, 3.8) is 0 Å². The molecule has 1 aromatic carbocycles. The maximum atomic E-state index is 13.6. The summed E-state index contributed by atoms with van der Waals surface area (Å²) in [6, 6.07) is 10.9. The first kappa shape index (κ1) is 29.2. The molecule has 5 nitrogen and oxygen atoms in total. The number of ether oxygens (including phenoxy) is 1. The Hall–Kier alpha value is -2.02. The number of aromatic nitrogens is 1. The molecule has 35 heavy (non-hydrogen) atoms. The number of aryl methyl sites for hydroxylation is 2. The van der Waals surface area contributed by atoms with Gasteiger partial charge in [0.15, 0.2) is 0 Å². The van der Waals surface area contributed by atoms with Crippen LogP contribution in [-0.2, 0) is 16.3 Å². The zero-order chi connectivity index (χ0) is 24.6. The van der Waals surface area contributed by atoms with Crippen molar-refractivity contribution in [3.05, 3.63) is 59.9 Å². The Morgan fingerprint density at radius 2 is 1.63 bits per heavy atom. The van der Waals surface area contributed by atoms with Gasteiger partial charge < -0.3 is 14.0 Å². The third-order valence-electron chi connectivity index (χ3n) is 6.35. The van der Waals surface area contributed by atoms with E-state index in [9.17, 15) is 8.42 Å². The van der Waals surface area contributed by atoms with E-state index in [2.05, 4.69) is 18.7 Å². The Morgan fingerprint density at radius 1 is 0.943 bits per heavy atom. The average molecular weight is 521 g/mol. The summed E-state index contributed by atoms with van der Waals surface area (Å²) in [5, 5.41) is 0. The first-order chi connectivity index (χ1) is 16.4. The molecule has 3 aromatic rings. The van der Waals surface area contributed by atoms with Gasteiger partial charge in [0.1, 0.15) is 10.6 Å². The number of hydrogen-bond acceptors (Lipinski definition) is 4. The van der Waals surface area contributed by atoms with E-state index in [0.717, 1.165) is 42.9 Å². The average Bonchev–Trinajstić information content (AvgIpc) is 3.23. The number of fused-ring (bicyclic) bond motifs is 1. The van der Waals surface area contributed by atoms with Crippen LogP contribution in [0, 0.1) is 6.92 Å². The predicted molar refractivity (Wildman–Crippen MR) is 147 cm³/mol. The van der Waals surface area contributed by atoms with Crippen molar-refractivity contribution in [2.75, 3.05) is 26.2 Å². The van der Waals surface area contributed by atoms with Crippen LogP contribution in [0.5, 0.6) is 5.75 Å². The smallest absolute Gasteiger partial charge is 0.209 e. The minimum absolute atomic E-state index is 0. The van der Waals surface area contributed by atoms with Gasteiger partial charge in [-0.15, -0.1) is 12.4 Å². The predicted octanol–water partition coefficient (Wildman–Crippen LogP) is 6.74. The van der Waals surface area contributed by atoms with E-state index < -0.39 is 9.84 Å². The second-order valence-electron chi connectivity index (χ2n) is 9.01. The van der Waals surface area contributed by atoms with Crippen molar-refractivity contribution in [1.29, 1.82) is 0 Å². The normalized spacial score (nSPS) is 11.7. The number of sulfone groups is 1. The summed E-state index contributed by atoms with van der Waals surface area (Å²) in [4.78, 5) is 3.25. The van der Waals surface area contributed by atoms with E-state index in [1.807, 2.05) is 48.8 Å². The minimum Gasteiger partial charge on any atom is -0.493 e. The highest BCUT2D eigenvalue weighted by Crippen LogP contribution is 2.32. The molecular weight excluding hydrogens is 480 g/mol. The maximum Gasteiger partial charge on any atom is 0.209 e. The number of pyridine rings is 1. The fourth-order valence-electron chi connectivity index (χ4n) is 4.35. The second-order valence-corrected chi connectivity index (χ2v) is 10.9. The van der Waals surface area contributed by atoms with Gasteiger partial charge in [-0.2, -0.15) is 0 Å². The molecule has 194 valence electrons. The van der Waals surface area contributed by atoms with Gasteiger partial charge >= 0.3 is 0 Å². The van der Waals surface area contributed by atoms with Gasteiger partial charge in [0, 0.05) is 18.9 Å². The van der Waals surface area contributed by atoms with Gasteiger partial charge in [-0.25, -0.2) is 8.42 Å². The van der Waals surface area contributed by atoms with Crippen LogP contribution in [0.25, 0.3) is 5.52 Å². The van der Waals surface area contributed by atoms with E-state index in [1.165, 1.54) is 25.7 Å². The zero-order valence-corrected chi connectivity index (χ0v) is 23.3. The van der Waals surface area contributed by atoms with E-state index in [-0.39, 0.29) is 12.4 Å². The van der Waals surface area contributed by atoms with Gasteiger partial charge in [-0.1, -0.05) is 39.7 Å². The number of nitrogens with zero attached hydrogens (tertiary/aromatic N) is 2. The molecule has 0 atom stereocenters. The number of unbranched alkanes of at least 4 members (excludes halogenated alkanes) is 2. The highest BCUT2D eigenvalue weighted by Gasteiger charge is 2.25. The van der Waals surface area contributed by atoms with Crippen molar-refractivity contribution in [3.8, 4) is 5.75 Å². The fourth-order valence-corrected chi connectivity index (χ4v) is 6.16. The monoisotopic (exact) mass is 520 g/mol. The molecule has 0 saturated heterocycles. The largest absolute Gasteiger partial charge is 0.493 e. The summed E-state index contributed by atoms with van der Waals surface area (Å²) >= 11 is 0. The Kier molecular flexibility index (Phi) is 11.6. The summed E-state index contributed by atoms with van der Waals surface area (Å²) in [6.45, 7) is 12.3. The lowest BCUT2D eigenvalue weighted by atomic mass is 10.2. The molecule has 0 bridgehead atoms. The molecule has 0 amide bonds. The van der Waals surface area contributed by atoms with Crippen molar-refractivity contribution in [1.82, 2.24) is 9.30 Å². The summed E-state index contributed by atoms with van der Waals surface area (Å²) < 4.78 is 35.1. The molecule has 7 heteroatoms. The van der Waals surface area contributed by atoms with Crippen LogP contribution in [0.3, 0.4) is 0 Å². The van der Waals surface area contributed by atoms with Gasteiger partial charge in [0.2, 0.25) is 9.84 Å². The Morgan fingerprint density at radius 3 is 2.26 bits per heavy atom. The molecule has 2 heterocycles. The van der Waals surface area contributed by atoms with Crippen molar-refractivity contribution < 1.29 is 13.2 Å². The molecule has 2 aromatic heterocycles. The minimum atomic E-state index is -3.64. The highest BCUT2D eigenvalue weighted by atomic mass is 35.5. The summed E-state index contributed by atoms with van der Waals surface area (Å²) in [6.07, 6.45) is 10.3. The zero-order valence-electron chi connectivity index (χ0n) is 21.6. The highest BCUT2D eigenvalue weighted by molar-refractivity contribution is 7.91. The second kappa shape index (κ2) is 13.9. The van der Waals surface area contributed by atoms with E-state index in [1.54, 1.807) is 18.2 Å². The van der Waals surface area contributed by atoms with Crippen LogP contribution in [0.2, 0.25) is 0 Å². The number of benzene rings is 1. The molecule has 0 aliphatic carbocycles. The van der Waals surface area contributed by atoms with Gasteiger partial charge in [0.05, 0.1) is 17.0 Å². The first-order valence-electron chi connectivity index (χ1n) is 12.7. The quantitative estimate of drug-likeness (QED) is 0.221. The summed E-state index contributed by atoms with van der Waals surface area (Å²) in [5.41, 5.74) is 2.39. The van der Waals surface area contributed by atoms with Crippen LogP contribution in [0.15, 0.2) is 58.6 Å². The Labute approximate surface area is 217 Å². The number of rotatable bonds is 14. The van der Waals surface area contributed by atoms with Crippen molar-refractivity contribution in [2.24, 2.45) is 0 Å². The van der Waals surface area contributed by atoms with Crippen molar-refractivity contribution >= 4 is 27.8 Å². The molecule has 0 N–H and O–H groups in total. The molecule has 0 aliphatic rings. The number of halogens is 1. The fraction of sp³-hybridized carbons (Fsp3) is 0.500. The van der Waals surface area contributed by atoms with E-state index in [0.29, 0.717) is 28.3 Å². The molecule has 0 saturated carbocycles. The van der Waals surface area contributed by atoms with Crippen LogP contribution in [0.1, 0.15) is 64.0 Å². The third kappa shape index (κ3) is 7.25. The lowest BCUT2D eigenvalue weighted by molar-refractivity contribution is 0.228. The Bertz CT molecular complexity index is 1170. The van der Waals surface area contributed by atoms with E-state index >= 15 is 0 Å². The van der Waals surface area contributed by atoms with Crippen molar-refractivity contribution in [2.45, 2.75) is 76.0 Å². The standard InChI is InChI=1S/C28H40N2O3S.ClH/c1-5-8-16-29(17-9-6-2)18-12-20-33-27-15-14-25(21-23(27)4)34(31,32)28-24(7-3)22-30-19-11-10-13-26(28)30;/h10-11,13-15,19,21-22H,5-9,12,16-18,20H2,1-4H3;1H. The summed E-state index contributed by atoms with van der Waals surface area (Å²) in [7, 11) is -3.64. The third-order valence-corrected chi connectivity index (χ3v) is 8.23. The molecule has 0 radical (unpaired) electrons. The molecule has 0 unspecified atom stereocenters. The van der Waals surface area contributed by atoms with Crippen LogP contribution >= 0.6 is 12.4 Å². The summed E-state index contributed by atoms with van der Waals surface area (Å²) in [5.74, 6) is 0.755. The van der Waals surface area contributed by atoms with Gasteiger partial charge in [0.25, 0.3) is 0 Å². The lowest BCUT2D eigenvalue weighted by Gasteiger charge is -2.22. The molecule has 0 aliphatic heterocycles. The molecule has 3 rings (SSSR count).